The molecule has 0 heterocycles. The molecule has 0 aromatic heterocycles. The van der Waals surface area contributed by atoms with E-state index < -0.39 is 6.04 Å². The second-order valence-electron chi connectivity index (χ2n) is 4.29. The number of amides is 1. The maximum absolute atomic E-state index is 11.7. The summed E-state index contributed by atoms with van der Waals surface area (Å²) >= 11 is 0. The number of hydrogen-bond donors (Lipinski definition) is 1. The van der Waals surface area contributed by atoms with E-state index in [1.165, 1.54) is 7.11 Å². The molecule has 5 heteroatoms. The first-order valence-corrected chi connectivity index (χ1v) is 5.49. The fraction of sp³-hybridized carbons (Fsp3) is 0.818. The molecule has 0 aliphatic heterocycles. The van der Waals surface area contributed by atoms with E-state index in [-0.39, 0.29) is 18.3 Å². The first-order chi connectivity index (χ1) is 7.38. The Balaban J connectivity index is 4.32. The van der Waals surface area contributed by atoms with Crippen LogP contribution >= 0.6 is 0 Å². The van der Waals surface area contributed by atoms with Gasteiger partial charge >= 0.3 is 5.97 Å². The molecule has 0 rings (SSSR count). The molecule has 0 aliphatic rings. The topological polar surface area (TPSA) is 72.6 Å². The lowest BCUT2D eigenvalue weighted by molar-refractivity contribution is -0.142. The lowest BCUT2D eigenvalue weighted by Crippen LogP contribution is -2.44. The van der Waals surface area contributed by atoms with Crippen LogP contribution in [0.15, 0.2) is 0 Å². The number of rotatable bonds is 6. The van der Waals surface area contributed by atoms with Gasteiger partial charge in [-0.05, 0) is 12.8 Å². The number of methoxy groups -OCH3 is 1. The zero-order chi connectivity index (χ0) is 12.7. The van der Waals surface area contributed by atoms with Crippen molar-refractivity contribution < 1.29 is 14.3 Å². The first kappa shape index (κ1) is 14.9. The van der Waals surface area contributed by atoms with Crippen molar-refractivity contribution >= 4 is 11.9 Å². The van der Waals surface area contributed by atoms with Crippen LogP contribution in [-0.4, -0.2) is 43.0 Å². The molecule has 2 N–H and O–H groups in total. The van der Waals surface area contributed by atoms with Crippen molar-refractivity contribution in [1.29, 1.82) is 0 Å². The highest BCUT2D eigenvalue weighted by molar-refractivity contribution is 5.81. The number of hydrogen-bond acceptors (Lipinski definition) is 4. The minimum absolute atomic E-state index is 0.127. The van der Waals surface area contributed by atoms with Gasteiger partial charge in [-0.2, -0.15) is 0 Å². The fourth-order valence-electron chi connectivity index (χ4n) is 1.35. The monoisotopic (exact) mass is 230 g/mol. The van der Waals surface area contributed by atoms with Crippen molar-refractivity contribution in [3.8, 4) is 0 Å². The van der Waals surface area contributed by atoms with Crippen LogP contribution in [0.25, 0.3) is 0 Å². The molecule has 1 amide bonds. The van der Waals surface area contributed by atoms with Crippen LogP contribution in [0.1, 0.15) is 27.2 Å². The number of ether oxygens (including phenoxy) is 1. The quantitative estimate of drug-likeness (QED) is 0.670. The number of carbonyl (C=O) groups is 2. The summed E-state index contributed by atoms with van der Waals surface area (Å²) < 4.78 is 4.54. The first-order valence-electron chi connectivity index (χ1n) is 5.49. The molecule has 0 unspecified atom stereocenters. The van der Waals surface area contributed by atoms with Crippen molar-refractivity contribution in [3.63, 3.8) is 0 Å². The van der Waals surface area contributed by atoms with Gasteiger partial charge in [-0.3, -0.25) is 9.59 Å². The summed E-state index contributed by atoms with van der Waals surface area (Å²) in [4.78, 5) is 24.3. The molecule has 0 saturated heterocycles. The molecule has 0 radical (unpaired) electrons. The minimum atomic E-state index is -0.531. The maximum Gasteiger partial charge on any atom is 0.307 e. The summed E-state index contributed by atoms with van der Waals surface area (Å²) in [6, 6.07) is -0.531. The Morgan fingerprint density at radius 3 is 2.25 bits per heavy atom. The molecule has 0 aromatic carbocycles. The fourth-order valence-corrected chi connectivity index (χ4v) is 1.35. The van der Waals surface area contributed by atoms with Crippen LogP contribution in [0.3, 0.4) is 0 Å². The average Bonchev–Trinajstić information content (AvgIpc) is 2.21. The Morgan fingerprint density at radius 1 is 1.31 bits per heavy atom. The van der Waals surface area contributed by atoms with Crippen LogP contribution in [0.2, 0.25) is 0 Å². The maximum atomic E-state index is 11.7. The molecule has 0 aromatic rings. The highest BCUT2D eigenvalue weighted by Gasteiger charge is 2.19. The lowest BCUT2D eigenvalue weighted by atomic mass is 10.2. The standard InChI is InChI=1S/C11H22N2O3/c1-8(2)7-13(11(15)9(3)12)6-5-10(14)16-4/h8-9H,5-7,12H2,1-4H3/t9-/m0/s1. The number of nitrogens with zero attached hydrogens (tertiary/aromatic N) is 1. The summed E-state index contributed by atoms with van der Waals surface area (Å²) in [5.74, 6) is -0.0934. The van der Waals surface area contributed by atoms with E-state index in [9.17, 15) is 9.59 Å². The van der Waals surface area contributed by atoms with Crippen LogP contribution in [0.5, 0.6) is 0 Å². The van der Waals surface area contributed by atoms with Crippen molar-refractivity contribution in [2.45, 2.75) is 33.2 Å². The van der Waals surface area contributed by atoms with E-state index in [0.29, 0.717) is 19.0 Å². The Bertz CT molecular complexity index is 239. The highest BCUT2D eigenvalue weighted by atomic mass is 16.5. The Morgan fingerprint density at radius 2 is 1.88 bits per heavy atom. The summed E-state index contributed by atoms with van der Waals surface area (Å²) in [6.07, 6.45) is 0.210. The predicted octanol–water partition coefficient (Wildman–Crippen LogP) is 0.381. The van der Waals surface area contributed by atoms with Crippen molar-refractivity contribution in [2.24, 2.45) is 11.7 Å². The van der Waals surface area contributed by atoms with E-state index in [1.807, 2.05) is 13.8 Å². The Labute approximate surface area is 96.9 Å². The summed E-state index contributed by atoms with van der Waals surface area (Å²) in [5.41, 5.74) is 5.54. The van der Waals surface area contributed by atoms with Crippen molar-refractivity contribution in [2.75, 3.05) is 20.2 Å². The molecule has 5 nitrogen and oxygen atoms in total. The third kappa shape index (κ3) is 5.70. The molecule has 0 spiro atoms. The van der Waals surface area contributed by atoms with Gasteiger partial charge in [0.15, 0.2) is 0 Å². The predicted molar refractivity (Wildman–Crippen MR) is 61.7 cm³/mol. The van der Waals surface area contributed by atoms with Gasteiger partial charge in [-0.15, -0.1) is 0 Å². The Kier molecular flexibility index (Phi) is 6.72. The molecule has 94 valence electrons. The van der Waals surface area contributed by atoms with E-state index in [0.717, 1.165) is 0 Å². The molecule has 0 bridgehead atoms. The Hall–Kier alpha value is -1.10. The largest absolute Gasteiger partial charge is 0.469 e. The van der Waals surface area contributed by atoms with Gasteiger partial charge in [0, 0.05) is 13.1 Å². The van der Waals surface area contributed by atoms with Gasteiger partial charge in [0.05, 0.1) is 19.6 Å². The SMILES string of the molecule is COC(=O)CCN(CC(C)C)C(=O)[C@H](C)N. The number of nitrogens with two attached hydrogens (primary N) is 1. The van der Waals surface area contributed by atoms with Crippen molar-refractivity contribution in [1.82, 2.24) is 4.90 Å². The van der Waals surface area contributed by atoms with Gasteiger partial charge in [0.1, 0.15) is 0 Å². The summed E-state index contributed by atoms with van der Waals surface area (Å²) in [5, 5.41) is 0. The third-order valence-corrected chi connectivity index (χ3v) is 2.10. The second kappa shape index (κ2) is 7.22. The van der Waals surface area contributed by atoms with Gasteiger partial charge in [0.2, 0.25) is 5.91 Å². The van der Waals surface area contributed by atoms with Crippen molar-refractivity contribution in [3.05, 3.63) is 0 Å². The van der Waals surface area contributed by atoms with Crippen LogP contribution < -0.4 is 5.73 Å². The smallest absolute Gasteiger partial charge is 0.307 e. The number of carbonyl (C=O) groups excluding carboxylic acids is 2. The molecule has 0 aliphatic carbocycles. The van der Waals surface area contributed by atoms with E-state index in [2.05, 4.69) is 4.74 Å². The summed E-state index contributed by atoms with van der Waals surface area (Å²) in [7, 11) is 1.34. The second-order valence-corrected chi connectivity index (χ2v) is 4.29. The van der Waals surface area contributed by atoms with Gasteiger partial charge in [-0.25, -0.2) is 0 Å². The van der Waals surface area contributed by atoms with Gasteiger partial charge < -0.3 is 15.4 Å². The molecular weight excluding hydrogens is 208 g/mol. The third-order valence-electron chi connectivity index (χ3n) is 2.10. The molecule has 1 atom stereocenters. The molecule has 0 fully saturated rings. The zero-order valence-corrected chi connectivity index (χ0v) is 10.5. The number of esters is 1. The minimum Gasteiger partial charge on any atom is -0.469 e. The van der Waals surface area contributed by atoms with Gasteiger partial charge in [-0.1, -0.05) is 13.8 Å². The van der Waals surface area contributed by atoms with Crippen LogP contribution in [0, 0.1) is 5.92 Å². The summed E-state index contributed by atoms with van der Waals surface area (Å²) in [6.45, 7) is 6.65. The zero-order valence-electron chi connectivity index (χ0n) is 10.5. The van der Waals surface area contributed by atoms with E-state index in [1.54, 1.807) is 11.8 Å². The van der Waals surface area contributed by atoms with Crippen LogP contribution in [0.4, 0.5) is 0 Å². The lowest BCUT2D eigenvalue weighted by Gasteiger charge is -2.25. The normalized spacial score (nSPS) is 12.4. The highest BCUT2D eigenvalue weighted by Crippen LogP contribution is 2.03. The van der Waals surface area contributed by atoms with Gasteiger partial charge in [0.25, 0.3) is 0 Å². The van der Waals surface area contributed by atoms with E-state index >= 15 is 0 Å². The average molecular weight is 230 g/mol. The van der Waals surface area contributed by atoms with E-state index in [4.69, 9.17) is 5.73 Å². The van der Waals surface area contributed by atoms with Crippen LogP contribution in [-0.2, 0) is 14.3 Å². The molecule has 0 saturated carbocycles. The molecular formula is C11H22N2O3. The molecule has 16 heavy (non-hydrogen) atoms.